The van der Waals surface area contributed by atoms with Gasteiger partial charge < -0.3 is 5.32 Å². The highest BCUT2D eigenvalue weighted by Crippen LogP contribution is 2.14. The van der Waals surface area contributed by atoms with E-state index in [2.05, 4.69) is 15.8 Å². The molecule has 0 spiro atoms. The maximum Gasteiger partial charge on any atom is 0.287 e. The van der Waals surface area contributed by atoms with E-state index in [4.69, 9.17) is 28.3 Å². The van der Waals surface area contributed by atoms with E-state index in [0.29, 0.717) is 16.4 Å². The van der Waals surface area contributed by atoms with Crippen LogP contribution in [0.5, 0.6) is 0 Å². The molecule has 126 valence electrons. The number of nitrogens with two attached hydrogens (primary N) is 1. The number of rotatable bonds is 5. The van der Waals surface area contributed by atoms with Gasteiger partial charge in [-0.25, -0.2) is 13.6 Å². The molecule has 0 aromatic heterocycles. The second-order valence-corrected chi connectivity index (χ2v) is 6.90. The molecule has 2 rings (SSSR count). The molecule has 0 radical (unpaired) electrons. The van der Waals surface area contributed by atoms with Crippen LogP contribution in [0.25, 0.3) is 0 Å². The molecule has 2 aromatic rings. The van der Waals surface area contributed by atoms with Gasteiger partial charge >= 0.3 is 0 Å². The number of hydrazone groups is 1. The number of carbonyl (C=O) groups excluding carboxylic acids is 1. The molecule has 10 heteroatoms. The Hall–Kier alpha value is -2.13. The Morgan fingerprint density at radius 2 is 1.54 bits per heavy atom. The fourth-order valence-corrected chi connectivity index (χ4v) is 2.33. The van der Waals surface area contributed by atoms with Gasteiger partial charge in [0, 0.05) is 10.7 Å². The maximum atomic E-state index is 11.9. The standard InChI is InChI=1S/C14H12Cl2N4O3S/c15-9-1-3-11(4-2-9)19-20-13(16)14(21)18-10-5-7-12(8-6-10)24(17,22)23/h1-8,19H,(H,18,21)(H2,17,22,23)/b20-13-. The van der Waals surface area contributed by atoms with E-state index in [1.54, 1.807) is 24.3 Å². The molecule has 0 atom stereocenters. The average Bonchev–Trinajstić information content (AvgIpc) is 2.53. The number of anilines is 2. The van der Waals surface area contributed by atoms with Gasteiger partial charge in [0.15, 0.2) is 0 Å². The van der Waals surface area contributed by atoms with Crippen LogP contribution in [0.15, 0.2) is 58.5 Å². The molecule has 7 nitrogen and oxygen atoms in total. The van der Waals surface area contributed by atoms with Gasteiger partial charge in [-0.1, -0.05) is 23.2 Å². The molecule has 0 heterocycles. The van der Waals surface area contributed by atoms with Gasteiger partial charge in [0.1, 0.15) is 0 Å². The van der Waals surface area contributed by atoms with Gasteiger partial charge in [-0.15, -0.1) is 0 Å². The summed E-state index contributed by atoms with van der Waals surface area (Å²) < 4.78 is 22.3. The smallest absolute Gasteiger partial charge is 0.287 e. The summed E-state index contributed by atoms with van der Waals surface area (Å²) in [5.41, 5.74) is 3.55. The van der Waals surface area contributed by atoms with Gasteiger partial charge in [-0.2, -0.15) is 5.10 Å². The normalized spacial score (nSPS) is 11.9. The number of primary sulfonamides is 1. The van der Waals surface area contributed by atoms with E-state index in [1.165, 1.54) is 24.3 Å². The highest BCUT2D eigenvalue weighted by atomic mass is 35.5. The summed E-state index contributed by atoms with van der Waals surface area (Å²) in [7, 11) is -3.79. The molecular formula is C14H12Cl2N4O3S. The Morgan fingerprint density at radius 3 is 2.08 bits per heavy atom. The second kappa shape index (κ2) is 7.63. The zero-order valence-corrected chi connectivity index (χ0v) is 14.4. The number of carbonyl (C=O) groups is 1. The van der Waals surface area contributed by atoms with E-state index in [0.717, 1.165) is 0 Å². The lowest BCUT2D eigenvalue weighted by molar-refractivity contribution is -0.110. The van der Waals surface area contributed by atoms with Crippen molar-refractivity contribution in [2.75, 3.05) is 10.7 Å². The minimum Gasteiger partial charge on any atom is -0.320 e. The first-order valence-electron chi connectivity index (χ1n) is 6.45. The molecular weight excluding hydrogens is 375 g/mol. The first-order chi connectivity index (χ1) is 11.3. The third-order valence-electron chi connectivity index (χ3n) is 2.76. The first kappa shape index (κ1) is 18.2. The maximum absolute atomic E-state index is 11.9. The highest BCUT2D eigenvalue weighted by Gasteiger charge is 2.11. The van der Waals surface area contributed by atoms with Crippen molar-refractivity contribution in [3.63, 3.8) is 0 Å². The minimum absolute atomic E-state index is 0.0651. The largest absolute Gasteiger partial charge is 0.320 e. The van der Waals surface area contributed by atoms with Crippen molar-refractivity contribution < 1.29 is 13.2 Å². The van der Waals surface area contributed by atoms with Crippen LogP contribution in [0.2, 0.25) is 5.02 Å². The van der Waals surface area contributed by atoms with Crippen LogP contribution in [-0.2, 0) is 14.8 Å². The molecule has 0 aliphatic rings. The number of hydrogen-bond donors (Lipinski definition) is 3. The van der Waals surface area contributed by atoms with Crippen molar-refractivity contribution in [3.05, 3.63) is 53.6 Å². The van der Waals surface area contributed by atoms with Crippen LogP contribution in [0.3, 0.4) is 0 Å². The number of hydrogen-bond acceptors (Lipinski definition) is 5. The lowest BCUT2D eigenvalue weighted by Gasteiger charge is -2.05. The van der Waals surface area contributed by atoms with Crippen molar-refractivity contribution in [2.24, 2.45) is 10.2 Å². The molecule has 0 aliphatic heterocycles. The van der Waals surface area contributed by atoms with E-state index in [1.807, 2.05) is 0 Å². The third kappa shape index (κ3) is 5.20. The predicted octanol–water partition coefficient (Wildman–Crippen LogP) is 2.59. The third-order valence-corrected chi connectivity index (χ3v) is 4.19. The fraction of sp³-hybridized carbons (Fsp3) is 0. The van der Waals surface area contributed by atoms with Crippen LogP contribution in [0.4, 0.5) is 11.4 Å². The zero-order valence-electron chi connectivity index (χ0n) is 12.0. The van der Waals surface area contributed by atoms with Gasteiger partial charge in [0.05, 0.1) is 10.6 Å². The van der Waals surface area contributed by atoms with Crippen molar-refractivity contribution in [1.82, 2.24) is 0 Å². The average molecular weight is 387 g/mol. The van der Waals surface area contributed by atoms with Crippen LogP contribution in [0, 0.1) is 0 Å². The molecule has 0 aliphatic carbocycles. The van der Waals surface area contributed by atoms with E-state index >= 15 is 0 Å². The summed E-state index contributed by atoms with van der Waals surface area (Å²) >= 11 is 11.6. The number of benzene rings is 2. The molecule has 2 aromatic carbocycles. The van der Waals surface area contributed by atoms with Crippen molar-refractivity contribution in [2.45, 2.75) is 4.90 Å². The molecule has 0 saturated heterocycles. The van der Waals surface area contributed by atoms with Gasteiger partial charge in [0.25, 0.3) is 5.91 Å². The number of nitrogens with zero attached hydrogens (tertiary/aromatic N) is 1. The quantitative estimate of drug-likeness (QED) is 0.541. The molecule has 1 amide bonds. The summed E-state index contributed by atoms with van der Waals surface area (Å²) in [6, 6.07) is 11.9. The second-order valence-electron chi connectivity index (χ2n) is 4.54. The van der Waals surface area contributed by atoms with Crippen molar-refractivity contribution >= 4 is 55.7 Å². The number of halogens is 2. The monoisotopic (exact) mass is 386 g/mol. The van der Waals surface area contributed by atoms with E-state index < -0.39 is 15.9 Å². The lowest BCUT2D eigenvalue weighted by atomic mass is 10.3. The molecule has 4 N–H and O–H groups in total. The van der Waals surface area contributed by atoms with E-state index in [9.17, 15) is 13.2 Å². The molecule has 0 fully saturated rings. The predicted molar refractivity (Wildman–Crippen MR) is 94.8 cm³/mol. The number of nitrogens with one attached hydrogen (secondary N) is 2. The molecule has 24 heavy (non-hydrogen) atoms. The Balaban J connectivity index is 2.00. The van der Waals surface area contributed by atoms with Crippen LogP contribution >= 0.6 is 23.2 Å². The van der Waals surface area contributed by atoms with Crippen LogP contribution < -0.4 is 15.9 Å². The van der Waals surface area contributed by atoms with Gasteiger partial charge in [-0.05, 0) is 48.5 Å². The summed E-state index contributed by atoms with van der Waals surface area (Å²) in [5.74, 6) is -0.665. The van der Waals surface area contributed by atoms with Crippen molar-refractivity contribution in [3.8, 4) is 0 Å². The Labute approximate surface area is 148 Å². The van der Waals surface area contributed by atoms with Crippen molar-refractivity contribution in [1.29, 1.82) is 0 Å². The highest BCUT2D eigenvalue weighted by molar-refractivity contribution is 7.89. The summed E-state index contributed by atoms with van der Waals surface area (Å²) in [4.78, 5) is 11.8. The summed E-state index contributed by atoms with van der Waals surface area (Å²) in [6.07, 6.45) is 0. The number of amides is 1. The zero-order chi connectivity index (χ0) is 17.7. The summed E-state index contributed by atoms with van der Waals surface area (Å²) in [6.45, 7) is 0. The van der Waals surface area contributed by atoms with Gasteiger partial charge in [0.2, 0.25) is 15.2 Å². The Kier molecular flexibility index (Phi) is 5.79. The van der Waals surface area contributed by atoms with E-state index in [-0.39, 0.29) is 10.1 Å². The summed E-state index contributed by atoms with van der Waals surface area (Å²) in [5, 5.41) is 11.4. The first-order valence-corrected chi connectivity index (χ1v) is 8.75. The number of sulfonamides is 1. The minimum atomic E-state index is -3.79. The SMILES string of the molecule is NS(=O)(=O)c1ccc(NC(=O)/C(Cl)=N/Nc2ccc(Cl)cc2)cc1. The molecule has 0 saturated carbocycles. The van der Waals surface area contributed by atoms with Crippen LogP contribution in [0.1, 0.15) is 0 Å². The Bertz CT molecular complexity index is 866. The van der Waals surface area contributed by atoms with Gasteiger partial charge in [-0.3, -0.25) is 10.2 Å². The van der Waals surface area contributed by atoms with Crippen LogP contribution in [-0.4, -0.2) is 19.5 Å². The molecule has 0 unspecified atom stereocenters. The molecule has 0 bridgehead atoms. The topological polar surface area (TPSA) is 114 Å². The fourth-order valence-electron chi connectivity index (χ4n) is 1.60. The Morgan fingerprint density at radius 1 is 1.00 bits per heavy atom. The lowest BCUT2D eigenvalue weighted by Crippen LogP contribution is -2.19.